The molecular formula is C13H17N3O. The molecule has 0 radical (unpaired) electrons. The topological polar surface area (TPSA) is 74.9 Å². The molecule has 0 bridgehead atoms. The number of hydrogen-bond acceptors (Lipinski definition) is 3. The number of aromatic nitrogens is 2. The van der Waals surface area contributed by atoms with Gasteiger partial charge in [-0.1, -0.05) is 37.3 Å². The van der Waals surface area contributed by atoms with Crippen molar-refractivity contribution in [1.82, 2.24) is 10.2 Å². The third-order valence-corrected chi connectivity index (χ3v) is 3.15. The van der Waals surface area contributed by atoms with Crippen molar-refractivity contribution >= 4 is 0 Å². The van der Waals surface area contributed by atoms with E-state index in [1.165, 1.54) is 0 Å². The number of aliphatic hydroxyl groups is 1. The van der Waals surface area contributed by atoms with Crippen LogP contribution in [0.5, 0.6) is 0 Å². The maximum atomic E-state index is 9.51. The Morgan fingerprint density at radius 1 is 1.35 bits per heavy atom. The third-order valence-electron chi connectivity index (χ3n) is 3.15. The number of aromatic amines is 1. The standard InChI is InChI=1S/C13H17N3O/c1-13(8-14,9-17)11-7-15-16-12(11)10-5-3-2-4-6-10/h2-7,17H,8-9,14H2,1H3,(H,15,16). The second kappa shape index (κ2) is 4.69. The number of hydrogen-bond donors (Lipinski definition) is 3. The van der Waals surface area contributed by atoms with Crippen LogP contribution < -0.4 is 5.73 Å². The summed E-state index contributed by atoms with van der Waals surface area (Å²) in [5.41, 5.74) is 8.22. The summed E-state index contributed by atoms with van der Waals surface area (Å²) in [5.74, 6) is 0. The number of nitrogens with zero attached hydrogens (tertiary/aromatic N) is 1. The van der Waals surface area contributed by atoms with Gasteiger partial charge in [0.15, 0.2) is 0 Å². The Balaban J connectivity index is 2.49. The van der Waals surface area contributed by atoms with Gasteiger partial charge >= 0.3 is 0 Å². The molecule has 0 saturated heterocycles. The molecule has 0 fully saturated rings. The quantitative estimate of drug-likeness (QED) is 0.742. The molecule has 0 saturated carbocycles. The number of nitrogens with one attached hydrogen (secondary N) is 1. The van der Waals surface area contributed by atoms with Gasteiger partial charge in [-0.05, 0) is 5.56 Å². The molecule has 4 N–H and O–H groups in total. The minimum Gasteiger partial charge on any atom is -0.395 e. The van der Waals surface area contributed by atoms with E-state index in [-0.39, 0.29) is 6.61 Å². The molecule has 1 aromatic carbocycles. The van der Waals surface area contributed by atoms with E-state index in [4.69, 9.17) is 5.73 Å². The van der Waals surface area contributed by atoms with Gasteiger partial charge in [-0.2, -0.15) is 5.10 Å². The lowest BCUT2D eigenvalue weighted by molar-refractivity contribution is 0.210. The van der Waals surface area contributed by atoms with Gasteiger partial charge in [0.1, 0.15) is 0 Å². The van der Waals surface area contributed by atoms with Crippen LogP contribution in [0.2, 0.25) is 0 Å². The van der Waals surface area contributed by atoms with Gasteiger partial charge < -0.3 is 10.8 Å². The highest BCUT2D eigenvalue weighted by molar-refractivity contribution is 5.64. The normalized spacial score (nSPS) is 14.5. The molecule has 2 aromatic rings. The molecule has 1 atom stereocenters. The van der Waals surface area contributed by atoms with Gasteiger partial charge in [-0.15, -0.1) is 0 Å². The van der Waals surface area contributed by atoms with Gasteiger partial charge in [-0.25, -0.2) is 0 Å². The summed E-state index contributed by atoms with van der Waals surface area (Å²) in [7, 11) is 0. The summed E-state index contributed by atoms with van der Waals surface area (Å²) in [4.78, 5) is 0. The van der Waals surface area contributed by atoms with Crippen LogP contribution in [0.15, 0.2) is 36.5 Å². The molecule has 1 heterocycles. The number of aliphatic hydroxyl groups excluding tert-OH is 1. The Morgan fingerprint density at radius 3 is 2.65 bits per heavy atom. The molecule has 0 aliphatic rings. The van der Waals surface area contributed by atoms with Gasteiger partial charge in [-0.3, -0.25) is 5.10 Å². The molecule has 2 rings (SSSR count). The monoisotopic (exact) mass is 231 g/mol. The third kappa shape index (κ3) is 2.09. The fourth-order valence-corrected chi connectivity index (χ4v) is 1.83. The van der Waals surface area contributed by atoms with E-state index in [9.17, 15) is 5.11 Å². The molecule has 0 spiro atoms. The zero-order valence-electron chi connectivity index (χ0n) is 9.85. The predicted molar refractivity (Wildman–Crippen MR) is 67.5 cm³/mol. The molecule has 0 amide bonds. The molecule has 90 valence electrons. The second-order valence-corrected chi connectivity index (χ2v) is 4.45. The van der Waals surface area contributed by atoms with Gasteiger partial charge in [0, 0.05) is 17.5 Å². The van der Waals surface area contributed by atoms with Crippen molar-refractivity contribution in [2.24, 2.45) is 5.73 Å². The number of H-pyrrole nitrogens is 1. The van der Waals surface area contributed by atoms with E-state index in [1.54, 1.807) is 6.20 Å². The average Bonchev–Trinajstić information content (AvgIpc) is 2.88. The molecule has 0 aliphatic heterocycles. The second-order valence-electron chi connectivity index (χ2n) is 4.45. The SMILES string of the molecule is CC(CN)(CO)c1cn[nH]c1-c1ccccc1. The minimum atomic E-state index is -0.460. The molecule has 4 heteroatoms. The van der Waals surface area contributed by atoms with E-state index in [0.29, 0.717) is 6.54 Å². The first-order chi connectivity index (χ1) is 8.21. The van der Waals surface area contributed by atoms with Crippen LogP contribution in [-0.2, 0) is 5.41 Å². The smallest absolute Gasteiger partial charge is 0.0689 e. The van der Waals surface area contributed by atoms with Crippen molar-refractivity contribution in [1.29, 1.82) is 0 Å². The Bertz CT molecular complexity index is 474. The van der Waals surface area contributed by atoms with Crippen molar-refractivity contribution in [2.75, 3.05) is 13.2 Å². The van der Waals surface area contributed by atoms with Crippen LogP contribution in [-0.4, -0.2) is 28.5 Å². The maximum absolute atomic E-state index is 9.51. The predicted octanol–water partition coefficient (Wildman–Crippen LogP) is 1.29. The summed E-state index contributed by atoms with van der Waals surface area (Å²) in [6.45, 7) is 2.32. The van der Waals surface area contributed by atoms with Crippen molar-refractivity contribution in [3.05, 3.63) is 42.1 Å². The first-order valence-corrected chi connectivity index (χ1v) is 5.61. The maximum Gasteiger partial charge on any atom is 0.0689 e. The van der Waals surface area contributed by atoms with Crippen molar-refractivity contribution in [3.63, 3.8) is 0 Å². The number of benzene rings is 1. The zero-order chi connectivity index (χ0) is 12.3. The van der Waals surface area contributed by atoms with Crippen molar-refractivity contribution in [2.45, 2.75) is 12.3 Å². The molecule has 0 aliphatic carbocycles. The van der Waals surface area contributed by atoms with Crippen LogP contribution in [0, 0.1) is 0 Å². The molecule has 1 unspecified atom stereocenters. The van der Waals surface area contributed by atoms with E-state index in [0.717, 1.165) is 16.8 Å². The highest BCUT2D eigenvalue weighted by Crippen LogP contribution is 2.30. The zero-order valence-corrected chi connectivity index (χ0v) is 9.85. The Kier molecular flexibility index (Phi) is 3.26. The van der Waals surface area contributed by atoms with Crippen molar-refractivity contribution in [3.8, 4) is 11.3 Å². The van der Waals surface area contributed by atoms with E-state index >= 15 is 0 Å². The lowest BCUT2D eigenvalue weighted by Gasteiger charge is -2.25. The van der Waals surface area contributed by atoms with Gasteiger partial charge in [0.05, 0.1) is 18.5 Å². The lowest BCUT2D eigenvalue weighted by atomic mass is 9.82. The summed E-state index contributed by atoms with van der Waals surface area (Å²) >= 11 is 0. The Morgan fingerprint density at radius 2 is 2.06 bits per heavy atom. The van der Waals surface area contributed by atoms with Crippen molar-refractivity contribution < 1.29 is 5.11 Å². The van der Waals surface area contributed by atoms with Gasteiger partial charge in [0.25, 0.3) is 0 Å². The molecule has 1 aromatic heterocycles. The summed E-state index contributed by atoms with van der Waals surface area (Å²) in [6.07, 6.45) is 1.74. The Hall–Kier alpha value is -1.65. The number of rotatable bonds is 4. The summed E-state index contributed by atoms with van der Waals surface area (Å²) in [6, 6.07) is 9.92. The average molecular weight is 231 g/mol. The first kappa shape index (κ1) is 11.8. The Labute approximate surface area is 100 Å². The highest BCUT2D eigenvalue weighted by Gasteiger charge is 2.28. The summed E-state index contributed by atoms with van der Waals surface area (Å²) < 4.78 is 0. The fraction of sp³-hybridized carbons (Fsp3) is 0.308. The van der Waals surface area contributed by atoms with E-state index in [2.05, 4.69) is 10.2 Å². The van der Waals surface area contributed by atoms with E-state index < -0.39 is 5.41 Å². The molecule has 17 heavy (non-hydrogen) atoms. The van der Waals surface area contributed by atoms with Crippen LogP contribution in [0.25, 0.3) is 11.3 Å². The van der Waals surface area contributed by atoms with Crippen LogP contribution in [0.3, 0.4) is 0 Å². The fourth-order valence-electron chi connectivity index (χ4n) is 1.83. The first-order valence-electron chi connectivity index (χ1n) is 5.61. The summed E-state index contributed by atoms with van der Waals surface area (Å²) in [5, 5.41) is 16.6. The minimum absolute atomic E-state index is 0.00284. The van der Waals surface area contributed by atoms with Crippen LogP contribution in [0.4, 0.5) is 0 Å². The van der Waals surface area contributed by atoms with Crippen LogP contribution >= 0.6 is 0 Å². The number of nitrogens with two attached hydrogens (primary N) is 1. The van der Waals surface area contributed by atoms with Crippen LogP contribution in [0.1, 0.15) is 12.5 Å². The lowest BCUT2D eigenvalue weighted by Crippen LogP contribution is -2.35. The molecular weight excluding hydrogens is 214 g/mol. The molecule has 4 nitrogen and oxygen atoms in total. The highest BCUT2D eigenvalue weighted by atomic mass is 16.3. The van der Waals surface area contributed by atoms with Gasteiger partial charge in [0.2, 0.25) is 0 Å². The largest absolute Gasteiger partial charge is 0.395 e. The van der Waals surface area contributed by atoms with E-state index in [1.807, 2.05) is 37.3 Å².